The molecular weight excluding hydrogens is 779 g/mol. The zero-order valence-corrected chi connectivity index (χ0v) is 39.5. The molecule has 0 heterocycles. The van der Waals surface area contributed by atoms with Crippen LogP contribution in [0.25, 0.3) is 6.08 Å². The van der Waals surface area contributed by atoms with Crippen LogP contribution in [-0.2, 0) is 21.7 Å². The van der Waals surface area contributed by atoms with E-state index in [9.17, 15) is 15.3 Å². The fourth-order valence-corrected chi connectivity index (χ4v) is 5.10. The smallest absolute Gasteiger partial charge is 0 e. The first-order valence-electron chi connectivity index (χ1n) is 18.6. The molecule has 0 aliphatic carbocycles. The van der Waals surface area contributed by atoms with Gasteiger partial charge in [0.15, 0.2) is 0 Å². The van der Waals surface area contributed by atoms with Crippen molar-refractivity contribution in [1.82, 2.24) is 0 Å². The zero-order chi connectivity index (χ0) is 39.4. The van der Waals surface area contributed by atoms with Gasteiger partial charge >= 0.3 is 34.6 Å². The molecule has 0 aliphatic rings. The number of phenols is 3. The van der Waals surface area contributed by atoms with Crippen LogP contribution in [0.5, 0.6) is 17.2 Å². The summed E-state index contributed by atoms with van der Waals surface area (Å²) in [7, 11) is 0. The van der Waals surface area contributed by atoms with Gasteiger partial charge in [-0.2, -0.15) is 5.56 Å². The van der Waals surface area contributed by atoms with Gasteiger partial charge in [-0.15, -0.1) is 12.1 Å². The maximum Gasteiger partial charge on any atom is 0 e. The summed E-state index contributed by atoms with van der Waals surface area (Å²) in [6.45, 7) is 30.4. The summed E-state index contributed by atoms with van der Waals surface area (Å²) in [6.07, 6.45) is 1.58. The summed E-state index contributed by atoms with van der Waals surface area (Å²) >= 11 is -0.543. The number of benzene rings is 4. The van der Waals surface area contributed by atoms with Crippen molar-refractivity contribution in [2.75, 3.05) is 0 Å². The number of rotatable bonds is 7. The minimum absolute atomic E-state index is 0. The molecule has 0 saturated carbocycles. The van der Waals surface area contributed by atoms with Gasteiger partial charge in [-0.05, 0) is 68.9 Å². The molecule has 285 valence electrons. The van der Waals surface area contributed by atoms with Gasteiger partial charge in [-0.25, -0.2) is 6.08 Å². The van der Waals surface area contributed by atoms with E-state index in [0.717, 1.165) is 38.9 Å². The largest absolute Gasteiger partial charge is 0 e. The molecule has 0 spiro atoms. The minimum Gasteiger partial charge on any atom is 0 e. The molecule has 0 saturated heterocycles. The van der Waals surface area contributed by atoms with E-state index in [0.29, 0.717) is 52.8 Å². The van der Waals surface area contributed by atoms with Gasteiger partial charge in [0.1, 0.15) is 17.2 Å². The summed E-state index contributed by atoms with van der Waals surface area (Å²) in [5, 5.41) is 29.8. The van der Waals surface area contributed by atoms with E-state index in [-0.39, 0.29) is 21.7 Å². The van der Waals surface area contributed by atoms with Crippen molar-refractivity contribution >= 4 is 25.8 Å². The number of para-hydroxylation sites is 3. The molecular formula is C47H70O3SnTi-. The maximum absolute atomic E-state index is 9.93. The monoisotopic (exact) mass is 850 g/mol. The standard InChI is InChI=1S/3C12H18O.C8H7.3CH3.Sn.Ti/c3*1-8(2)10-6-5-7-11(9(3)4)12(10)13;1-2-8-6-4-3-5-7-8;;;;;/h3*5-9,13H,1-4H3;1-7H;3*1H3;;/q;;;-1;;;;;. The van der Waals surface area contributed by atoms with Crippen molar-refractivity contribution in [2.24, 2.45) is 0 Å². The Kier molecular flexibility index (Phi) is 27.0. The number of hydrogen-bond acceptors (Lipinski definition) is 3. The van der Waals surface area contributed by atoms with Crippen LogP contribution in [0.4, 0.5) is 0 Å². The molecule has 0 aromatic heterocycles. The van der Waals surface area contributed by atoms with E-state index < -0.39 is 19.8 Å². The molecule has 4 aromatic rings. The van der Waals surface area contributed by atoms with Crippen molar-refractivity contribution < 1.29 is 37.0 Å². The van der Waals surface area contributed by atoms with Gasteiger partial charge in [0.2, 0.25) is 0 Å². The molecule has 1 radical (unpaired) electrons. The predicted molar refractivity (Wildman–Crippen MR) is 227 cm³/mol. The molecule has 52 heavy (non-hydrogen) atoms. The van der Waals surface area contributed by atoms with Crippen LogP contribution in [0, 0.1) is 6.58 Å². The quantitative estimate of drug-likeness (QED) is 0.128. The third-order valence-electron chi connectivity index (χ3n) is 8.02. The van der Waals surface area contributed by atoms with Gasteiger partial charge in [0.25, 0.3) is 0 Å². The van der Waals surface area contributed by atoms with E-state index in [1.54, 1.807) is 6.08 Å². The van der Waals surface area contributed by atoms with Gasteiger partial charge in [-0.1, -0.05) is 156 Å². The van der Waals surface area contributed by atoms with Crippen molar-refractivity contribution in [3.05, 3.63) is 130 Å². The summed E-state index contributed by atoms with van der Waals surface area (Å²) in [5.74, 6) is 3.76. The Bertz CT molecular complexity index is 1310. The Morgan fingerprint density at radius 1 is 0.404 bits per heavy atom. The first-order chi connectivity index (χ1) is 23.8. The zero-order valence-electron chi connectivity index (χ0n) is 35.0. The second kappa shape index (κ2) is 27.2. The van der Waals surface area contributed by atoms with Crippen LogP contribution in [0.15, 0.2) is 84.9 Å². The molecule has 0 unspecified atom stereocenters. The van der Waals surface area contributed by atoms with E-state index in [4.69, 9.17) is 6.58 Å². The van der Waals surface area contributed by atoms with E-state index >= 15 is 0 Å². The molecule has 0 aliphatic heterocycles. The number of hydrogen-bond donors (Lipinski definition) is 3. The van der Waals surface area contributed by atoms with Gasteiger partial charge in [-0.3, -0.25) is 6.58 Å². The topological polar surface area (TPSA) is 60.7 Å². The Labute approximate surface area is 341 Å². The van der Waals surface area contributed by atoms with Crippen LogP contribution in [0.2, 0.25) is 14.8 Å². The molecule has 5 heteroatoms. The third kappa shape index (κ3) is 19.0. The molecule has 3 N–H and O–H groups in total. The first kappa shape index (κ1) is 51.6. The molecule has 4 rings (SSSR count). The van der Waals surface area contributed by atoms with E-state index in [1.165, 1.54) is 0 Å². The van der Waals surface area contributed by atoms with Gasteiger partial charge in [0.05, 0.1) is 0 Å². The Hall–Kier alpha value is -2.47. The van der Waals surface area contributed by atoms with E-state index in [2.05, 4.69) is 97.9 Å². The average molecular weight is 850 g/mol. The average Bonchev–Trinajstić information content (AvgIpc) is 3.05. The fourth-order valence-electron chi connectivity index (χ4n) is 5.10. The summed E-state index contributed by atoms with van der Waals surface area (Å²) < 4.78 is 0. The van der Waals surface area contributed by atoms with Crippen LogP contribution in [-0.4, -0.2) is 35.1 Å². The van der Waals surface area contributed by atoms with Gasteiger partial charge in [0, 0.05) is 21.7 Å². The molecule has 0 amide bonds. The normalized spacial score (nSPS) is 10.4. The second-order valence-corrected chi connectivity index (χ2v) is 23.9. The Balaban J connectivity index is 0. The molecule has 3 nitrogen and oxygen atoms in total. The molecule has 4 aromatic carbocycles. The Morgan fingerprint density at radius 2 is 0.596 bits per heavy atom. The summed E-state index contributed by atoms with van der Waals surface area (Å²) in [5.41, 5.74) is 7.35. The molecule has 0 fully saturated rings. The van der Waals surface area contributed by atoms with Crippen molar-refractivity contribution in [2.45, 2.75) is 133 Å². The van der Waals surface area contributed by atoms with Crippen molar-refractivity contribution in [3.8, 4) is 17.2 Å². The first-order valence-corrected chi connectivity index (χ1v) is 27.2. The second-order valence-electron chi connectivity index (χ2n) is 15.4. The van der Waals surface area contributed by atoms with E-state index in [1.807, 2.05) is 84.9 Å². The van der Waals surface area contributed by atoms with Crippen molar-refractivity contribution in [1.29, 1.82) is 0 Å². The van der Waals surface area contributed by atoms with Crippen LogP contribution >= 0.6 is 0 Å². The SMILES string of the molecule is CC(C)c1cccc(C(C)C)c1O.CC(C)c1cccc(C(C)C)c1O.CC(C)c1cccc(C(C)C)c1O.[CH-]=Cc1ccccc1.[CH3][Sn]([CH3])[CH3].[Ti]. The minimum atomic E-state index is -0.543. The Morgan fingerprint density at radius 3 is 0.731 bits per heavy atom. The number of aromatic hydroxyl groups is 3. The summed E-state index contributed by atoms with van der Waals surface area (Å²) in [6, 6.07) is 27.8. The molecule has 0 atom stereocenters. The van der Waals surface area contributed by atoms with Crippen molar-refractivity contribution in [3.63, 3.8) is 0 Å². The van der Waals surface area contributed by atoms with Crippen LogP contribution < -0.4 is 0 Å². The predicted octanol–water partition coefficient (Wildman–Crippen LogP) is 14.4. The fraction of sp³-hybridized carbons (Fsp3) is 0.447. The van der Waals surface area contributed by atoms with Gasteiger partial charge < -0.3 is 15.3 Å². The van der Waals surface area contributed by atoms with Crippen LogP contribution in [0.1, 0.15) is 158 Å². The third-order valence-corrected chi connectivity index (χ3v) is 8.02. The van der Waals surface area contributed by atoms with Crippen LogP contribution in [0.3, 0.4) is 0 Å². The summed E-state index contributed by atoms with van der Waals surface area (Å²) in [4.78, 5) is 7.09. The number of phenolic OH excluding ortho intramolecular Hbond substituents is 3. The maximum atomic E-state index is 9.93. The molecule has 0 bridgehead atoms.